The van der Waals surface area contributed by atoms with Crippen molar-refractivity contribution < 1.29 is 52.9 Å². The number of carbonyl (C=O) groups is 6. The molecular formula is C39H45ClN6O11. The summed E-state index contributed by atoms with van der Waals surface area (Å²) in [4.78, 5) is 74.8. The minimum absolute atomic E-state index is 0.0593. The van der Waals surface area contributed by atoms with E-state index in [9.17, 15) is 28.8 Å². The van der Waals surface area contributed by atoms with Crippen LogP contribution in [0.1, 0.15) is 62.3 Å². The number of fused-ring (bicyclic) bond motifs is 1. The van der Waals surface area contributed by atoms with E-state index in [4.69, 9.17) is 35.8 Å². The Bertz CT molecular complexity index is 1910. The Hall–Kier alpha value is -5.59. The van der Waals surface area contributed by atoms with Crippen LogP contribution in [0.25, 0.3) is 0 Å². The van der Waals surface area contributed by atoms with E-state index in [2.05, 4.69) is 21.3 Å². The standard InChI is InChI=1S/C39H45ClN6O11/c40-29-11-8-26(36(49)45-53)22-31(29)43-23-25-6-9-27(10-7-25)57-24-34(48)42-15-3-17-55-19-21-56-20-18-54-16-2-14-41-30-5-1-4-28-35(30)39(52)46(38(28)51)32-12-13-33(47)44-37(32)50/h1,4-11,22,32,41,43,53H,2-3,12-21,23-24H2,(H,42,48)(H,45,49)(H,44,47,50). The normalized spacial score (nSPS) is 14.9. The topological polar surface area (TPSA) is 223 Å². The number of hydrogen-bond donors (Lipinski definition) is 6. The molecular weight excluding hydrogens is 764 g/mol. The number of nitrogens with one attached hydrogen (secondary N) is 5. The van der Waals surface area contributed by atoms with Gasteiger partial charge in [0.15, 0.2) is 6.61 Å². The van der Waals surface area contributed by atoms with Crippen LogP contribution in [0.15, 0.2) is 60.7 Å². The summed E-state index contributed by atoms with van der Waals surface area (Å²) >= 11 is 6.20. The van der Waals surface area contributed by atoms with Crippen LogP contribution in [0, 0.1) is 0 Å². The van der Waals surface area contributed by atoms with Gasteiger partial charge >= 0.3 is 0 Å². The lowest BCUT2D eigenvalue weighted by Crippen LogP contribution is -2.54. The minimum Gasteiger partial charge on any atom is -0.484 e. The third-order valence-corrected chi connectivity index (χ3v) is 9.22. The van der Waals surface area contributed by atoms with Crippen molar-refractivity contribution in [1.29, 1.82) is 0 Å². The Balaban J connectivity index is 0.837. The van der Waals surface area contributed by atoms with Gasteiger partial charge in [-0.05, 0) is 67.3 Å². The molecule has 3 aromatic rings. The second kappa shape index (κ2) is 21.6. The lowest BCUT2D eigenvalue weighted by atomic mass is 10.0. The molecule has 0 bridgehead atoms. The summed E-state index contributed by atoms with van der Waals surface area (Å²) < 4.78 is 22.3. The number of imide groups is 2. The number of carbonyl (C=O) groups excluding carboxylic acids is 6. The molecule has 2 aliphatic rings. The van der Waals surface area contributed by atoms with Crippen LogP contribution < -0.4 is 31.5 Å². The molecule has 18 heteroatoms. The maximum absolute atomic E-state index is 13.2. The molecule has 6 N–H and O–H groups in total. The summed E-state index contributed by atoms with van der Waals surface area (Å²) in [5.74, 6) is -2.54. The van der Waals surface area contributed by atoms with Crippen molar-refractivity contribution >= 4 is 58.4 Å². The number of piperidine rings is 1. The smallest absolute Gasteiger partial charge is 0.274 e. The molecule has 1 unspecified atom stereocenters. The number of hydrogen-bond acceptors (Lipinski definition) is 13. The number of halogens is 1. The maximum Gasteiger partial charge on any atom is 0.274 e. The summed E-state index contributed by atoms with van der Waals surface area (Å²) in [6.07, 6.45) is 1.41. The van der Waals surface area contributed by atoms with Crippen molar-refractivity contribution in [2.24, 2.45) is 0 Å². The fraction of sp³-hybridized carbons (Fsp3) is 0.385. The molecule has 0 aliphatic carbocycles. The summed E-state index contributed by atoms with van der Waals surface area (Å²) in [5.41, 5.74) is 4.23. The van der Waals surface area contributed by atoms with Crippen molar-refractivity contribution in [3.63, 3.8) is 0 Å². The molecule has 0 radical (unpaired) electrons. The highest BCUT2D eigenvalue weighted by molar-refractivity contribution is 6.33. The van der Waals surface area contributed by atoms with Crippen molar-refractivity contribution in [1.82, 2.24) is 21.0 Å². The van der Waals surface area contributed by atoms with E-state index in [1.165, 1.54) is 12.1 Å². The average Bonchev–Trinajstić information content (AvgIpc) is 3.47. The molecule has 6 amide bonds. The largest absolute Gasteiger partial charge is 0.484 e. The summed E-state index contributed by atoms with van der Waals surface area (Å²) in [5, 5.41) is 20.6. The van der Waals surface area contributed by atoms with Gasteiger partial charge in [0.05, 0.1) is 48.3 Å². The Labute approximate surface area is 333 Å². The molecule has 5 rings (SSSR count). The van der Waals surface area contributed by atoms with Gasteiger partial charge in [-0.2, -0.15) is 0 Å². The first-order valence-electron chi connectivity index (χ1n) is 18.4. The van der Waals surface area contributed by atoms with Crippen molar-refractivity contribution in [3.05, 3.63) is 87.9 Å². The number of anilines is 2. The number of hydroxylamine groups is 1. The summed E-state index contributed by atoms with van der Waals surface area (Å²) in [6.45, 7) is 3.68. The second-order valence-electron chi connectivity index (χ2n) is 12.9. The van der Waals surface area contributed by atoms with Crippen LogP contribution in [0.4, 0.5) is 11.4 Å². The van der Waals surface area contributed by atoms with Crippen LogP contribution in [0.3, 0.4) is 0 Å². The van der Waals surface area contributed by atoms with Gasteiger partial charge in [-0.25, -0.2) is 5.48 Å². The predicted octanol–water partition coefficient (Wildman–Crippen LogP) is 2.91. The first kappa shape index (κ1) is 42.6. The van der Waals surface area contributed by atoms with E-state index in [-0.39, 0.29) is 42.0 Å². The van der Waals surface area contributed by atoms with Crippen LogP contribution in [0.2, 0.25) is 5.02 Å². The molecule has 304 valence electrons. The van der Waals surface area contributed by atoms with Crippen LogP contribution in [-0.4, -0.2) is 111 Å². The second-order valence-corrected chi connectivity index (χ2v) is 13.3. The SMILES string of the molecule is O=C(COc1ccc(CNc2cc(C(=O)NO)ccc2Cl)cc1)NCCCOCCOCCOCCCNc1cccc2c1C(=O)N(C1CCC(=O)NC1=O)C2=O. The molecule has 1 saturated heterocycles. The van der Waals surface area contributed by atoms with Crippen LogP contribution in [-0.2, 0) is 35.1 Å². The Morgan fingerprint density at radius 1 is 0.825 bits per heavy atom. The van der Waals surface area contributed by atoms with E-state index >= 15 is 0 Å². The predicted molar refractivity (Wildman–Crippen MR) is 206 cm³/mol. The molecule has 1 fully saturated rings. The highest BCUT2D eigenvalue weighted by atomic mass is 35.5. The van der Waals surface area contributed by atoms with E-state index < -0.39 is 35.6 Å². The minimum atomic E-state index is -1.02. The zero-order chi connectivity index (χ0) is 40.6. The fourth-order valence-electron chi connectivity index (χ4n) is 5.97. The maximum atomic E-state index is 13.2. The first-order chi connectivity index (χ1) is 27.7. The molecule has 0 aromatic heterocycles. The van der Waals surface area contributed by atoms with Gasteiger partial charge in [0.2, 0.25) is 11.8 Å². The van der Waals surface area contributed by atoms with Gasteiger partial charge in [-0.1, -0.05) is 29.8 Å². The van der Waals surface area contributed by atoms with Crippen molar-refractivity contribution in [2.75, 3.05) is 70.0 Å². The van der Waals surface area contributed by atoms with E-state index in [1.807, 2.05) is 12.1 Å². The number of nitrogens with zero attached hydrogens (tertiary/aromatic N) is 1. The molecule has 3 aromatic carbocycles. The zero-order valence-electron chi connectivity index (χ0n) is 31.1. The quantitative estimate of drug-likeness (QED) is 0.0352. The molecule has 17 nitrogen and oxygen atoms in total. The van der Waals surface area contributed by atoms with Gasteiger partial charge in [0, 0.05) is 50.5 Å². The molecule has 0 saturated carbocycles. The van der Waals surface area contributed by atoms with Crippen molar-refractivity contribution in [2.45, 2.75) is 38.3 Å². The highest BCUT2D eigenvalue weighted by Crippen LogP contribution is 2.32. The van der Waals surface area contributed by atoms with Gasteiger partial charge in [0.1, 0.15) is 11.8 Å². The number of ether oxygens (including phenoxy) is 4. The molecule has 0 spiro atoms. The molecule has 1 atom stereocenters. The Morgan fingerprint density at radius 2 is 1.53 bits per heavy atom. The number of amides is 6. The average molecular weight is 809 g/mol. The Kier molecular flexibility index (Phi) is 16.2. The fourth-order valence-corrected chi connectivity index (χ4v) is 6.16. The third kappa shape index (κ3) is 12.2. The lowest BCUT2D eigenvalue weighted by molar-refractivity contribution is -0.136. The summed E-state index contributed by atoms with van der Waals surface area (Å²) in [6, 6.07) is 15.7. The van der Waals surface area contributed by atoms with Gasteiger partial charge < -0.3 is 34.9 Å². The number of rotatable bonds is 23. The van der Waals surface area contributed by atoms with Crippen LogP contribution in [0.5, 0.6) is 5.75 Å². The molecule has 2 aliphatic heterocycles. The monoisotopic (exact) mass is 808 g/mol. The lowest BCUT2D eigenvalue weighted by Gasteiger charge is -2.27. The highest BCUT2D eigenvalue weighted by Gasteiger charge is 2.45. The zero-order valence-corrected chi connectivity index (χ0v) is 31.9. The van der Waals surface area contributed by atoms with Gasteiger partial charge in [0.25, 0.3) is 23.6 Å². The third-order valence-electron chi connectivity index (χ3n) is 8.89. The van der Waals surface area contributed by atoms with Gasteiger partial charge in [-0.15, -0.1) is 0 Å². The molecule has 2 heterocycles. The summed E-state index contributed by atoms with van der Waals surface area (Å²) in [7, 11) is 0. The van der Waals surface area contributed by atoms with Crippen LogP contribution >= 0.6 is 11.6 Å². The number of benzene rings is 3. The van der Waals surface area contributed by atoms with E-state index in [1.54, 1.807) is 41.9 Å². The first-order valence-corrected chi connectivity index (χ1v) is 18.8. The molecule has 57 heavy (non-hydrogen) atoms. The van der Waals surface area contributed by atoms with E-state index in [0.29, 0.717) is 94.3 Å². The van der Waals surface area contributed by atoms with Gasteiger partial charge in [-0.3, -0.25) is 44.2 Å². The van der Waals surface area contributed by atoms with E-state index in [0.717, 1.165) is 10.5 Å². The van der Waals surface area contributed by atoms with Crippen molar-refractivity contribution in [3.8, 4) is 5.75 Å². The Morgan fingerprint density at radius 3 is 2.23 bits per heavy atom.